The number of pyridine rings is 1. The van der Waals surface area contributed by atoms with Gasteiger partial charge in [0.1, 0.15) is 17.3 Å². The van der Waals surface area contributed by atoms with Gasteiger partial charge in [0.2, 0.25) is 0 Å². The number of nitrogens with two attached hydrogens (primary N) is 1. The minimum Gasteiger partial charge on any atom is -0.508 e. The topological polar surface area (TPSA) is 76.2 Å². The van der Waals surface area contributed by atoms with E-state index >= 15 is 0 Å². The van der Waals surface area contributed by atoms with Gasteiger partial charge in [0, 0.05) is 10.9 Å². The lowest BCUT2D eigenvalue weighted by atomic mass is 9.90. The molecular weight excluding hydrogens is 319 g/mol. The van der Waals surface area contributed by atoms with Crippen molar-refractivity contribution in [3.63, 3.8) is 0 Å². The molecule has 3 rings (SSSR count). The number of carbonyl (C=O) groups is 1. The number of hydrogen-bond donors (Lipinski definition) is 2. The predicted octanol–water partition coefficient (Wildman–Crippen LogP) is 4.28. The minimum absolute atomic E-state index is 0.0235. The van der Waals surface area contributed by atoms with Crippen molar-refractivity contribution in [3.05, 3.63) is 59.2 Å². The van der Waals surface area contributed by atoms with Crippen molar-refractivity contribution in [2.45, 2.75) is 26.7 Å². The van der Waals surface area contributed by atoms with Crippen molar-refractivity contribution < 1.29 is 14.3 Å². The number of aromatic nitrogens is 1. The van der Waals surface area contributed by atoms with Gasteiger partial charge in [0.05, 0.1) is 5.69 Å². The Kier molecular flexibility index (Phi) is 4.17. The van der Waals surface area contributed by atoms with Crippen LogP contribution < -0.4 is 5.73 Å². The number of halogens is 1. The van der Waals surface area contributed by atoms with Crippen LogP contribution in [0.2, 0.25) is 0 Å². The lowest BCUT2D eigenvalue weighted by molar-refractivity contribution is 0.0997. The predicted molar refractivity (Wildman–Crippen MR) is 96.1 cm³/mol. The van der Waals surface area contributed by atoms with E-state index in [0.29, 0.717) is 16.6 Å². The molecule has 128 valence electrons. The highest BCUT2D eigenvalue weighted by molar-refractivity contribution is 6.09. The number of phenols is 1. The van der Waals surface area contributed by atoms with Crippen LogP contribution in [0, 0.1) is 12.7 Å². The fourth-order valence-corrected chi connectivity index (χ4v) is 3.03. The Morgan fingerprint density at radius 1 is 1.16 bits per heavy atom. The summed E-state index contributed by atoms with van der Waals surface area (Å²) in [4.78, 5) is 16.4. The van der Waals surface area contributed by atoms with Crippen LogP contribution in [-0.2, 0) is 0 Å². The highest BCUT2D eigenvalue weighted by Crippen LogP contribution is 2.37. The standard InChI is InChI=1S/C20H19FN2O2/c1-10(2)18-17(12-4-7-16(21)11(3)8-12)14-6-5-13(24)9-15(14)19(23-18)20(22)25/h4-10,24H,1-3H3,(H2,22,25). The van der Waals surface area contributed by atoms with E-state index in [9.17, 15) is 14.3 Å². The number of aryl methyl sites for hydroxylation is 1. The van der Waals surface area contributed by atoms with Gasteiger partial charge in [-0.25, -0.2) is 9.37 Å². The number of amides is 1. The smallest absolute Gasteiger partial charge is 0.267 e. The van der Waals surface area contributed by atoms with Crippen LogP contribution >= 0.6 is 0 Å². The van der Waals surface area contributed by atoms with Crippen molar-refractivity contribution in [1.82, 2.24) is 4.98 Å². The van der Waals surface area contributed by atoms with Gasteiger partial charge in [-0.1, -0.05) is 19.9 Å². The molecule has 0 unspecified atom stereocenters. The first kappa shape index (κ1) is 16.9. The second-order valence-corrected chi connectivity index (χ2v) is 6.43. The van der Waals surface area contributed by atoms with E-state index in [1.54, 1.807) is 31.2 Å². The van der Waals surface area contributed by atoms with Gasteiger partial charge >= 0.3 is 0 Å². The fourth-order valence-electron chi connectivity index (χ4n) is 3.03. The summed E-state index contributed by atoms with van der Waals surface area (Å²) in [6.07, 6.45) is 0. The van der Waals surface area contributed by atoms with E-state index in [1.807, 2.05) is 13.8 Å². The summed E-state index contributed by atoms with van der Waals surface area (Å²) in [6, 6.07) is 9.64. The number of hydrogen-bond acceptors (Lipinski definition) is 3. The van der Waals surface area contributed by atoms with Crippen molar-refractivity contribution in [2.24, 2.45) is 5.73 Å². The molecule has 3 N–H and O–H groups in total. The average molecular weight is 338 g/mol. The maximum atomic E-state index is 13.7. The second-order valence-electron chi connectivity index (χ2n) is 6.43. The number of rotatable bonds is 3. The van der Waals surface area contributed by atoms with Crippen molar-refractivity contribution in [1.29, 1.82) is 0 Å². The Morgan fingerprint density at radius 2 is 1.88 bits per heavy atom. The van der Waals surface area contributed by atoms with Crippen LogP contribution in [-0.4, -0.2) is 16.0 Å². The second kappa shape index (κ2) is 6.16. The van der Waals surface area contributed by atoms with Crippen LogP contribution in [0.5, 0.6) is 5.75 Å². The first-order valence-corrected chi connectivity index (χ1v) is 8.02. The van der Waals surface area contributed by atoms with Gasteiger partial charge < -0.3 is 10.8 Å². The summed E-state index contributed by atoms with van der Waals surface area (Å²) < 4.78 is 13.7. The summed E-state index contributed by atoms with van der Waals surface area (Å²) >= 11 is 0. The van der Waals surface area contributed by atoms with Crippen LogP contribution in [0.4, 0.5) is 4.39 Å². The maximum absolute atomic E-state index is 13.7. The molecule has 4 nitrogen and oxygen atoms in total. The third kappa shape index (κ3) is 2.93. The molecule has 0 saturated carbocycles. The Labute approximate surface area is 145 Å². The molecule has 0 radical (unpaired) electrons. The van der Waals surface area contributed by atoms with E-state index < -0.39 is 5.91 Å². The molecule has 0 bridgehead atoms. The molecule has 0 spiro atoms. The number of nitrogens with zero attached hydrogens (tertiary/aromatic N) is 1. The van der Waals surface area contributed by atoms with Crippen molar-refractivity contribution in [2.75, 3.05) is 0 Å². The van der Waals surface area contributed by atoms with Gasteiger partial charge in [-0.05, 0) is 59.7 Å². The molecule has 1 heterocycles. The largest absolute Gasteiger partial charge is 0.508 e. The summed E-state index contributed by atoms with van der Waals surface area (Å²) in [5.41, 5.74) is 8.48. The van der Waals surface area contributed by atoms with E-state index in [-0.39, 0.29) is 23.2 Å². The van der Waals surface area contributed by atoms with E-state index in [0.717, 1.165) is 16.5 Å². The number of carbonyl (C=O) groups excluding carboxylic acids is 1. The first-order chi connectivity index (χ1) is 11.8. The molecule has 0 atom stereocenters. The molecule has 1 aromatic heterocycles. The number of phenolic OH excluding ortho intramolecular Hbond substituents is 1. The SMILES string of the molecule is Cc1cc(-c2c(C(C)C)nc(C(N)=O)c3cc(O)ccc23)ccc1F. The summed E-state index contributed by atoms with van der Waals surface area (Å²) in [5, 5.41) is 11.1. The Bertz CT molecular complexity index is 997. The summed E-state index contributed by atoms with van der Waals surface area (Å²) in [5.74, 6) is -0.884. The molecule has 0 aliphatic carbocycles. The van der Waals surface area contributed by atoms with Gasteiger partial charge in [0.15, 0.2) is 0 Å². The normalized spacial score (nSPS) is 11.2. The quantitative estimate of drug-likeness (QED) is 0.748. The van der Waals surface area contributed by atoms with Crippen molar-refractivity contribution in [3.8, 4) is 16.9 Å². The van der Waals surface area contributed by atoms with Crippen molar-refractivity contribution >= 4 is 16.7 Å². The molecular formula is C20H19FN2O2. The summed E-state index contributed by atoms with van der Waals surface area (Å²) in [6.45, 7) is 5.64. The lowest BCUT2D eigenvalue weighted by Gasteiger charge is -2.18. The van der Waals surface area contributed by atoms with E-state index in [2.05, 4.69) is 4.98 Å². The third-order valence-corrected chi connectivity index (χ3v) is 4.24. The van der Waals surface area contributed by atoms with Crippen LogP contribution in [0.1, 0.15) is 41.5 Å². The summed E-state index contributed by atoms with van der Waals surface area (Å²) in [7, 11) is 0. The molecule has 0 aliphatic rings. The number of primary amides is 1. The fraction of sp³-hybridized carbons (Fsp3) is 0.200. The van der Waals surface area contributed by atoms with Crippen LogP contribution in [0.15, 0.2) is 36.4 Å². The van der Waals surface area contributed by atoms with E-state index in [1.165, 1.54) is 12.1 Å². The van der Waals surface area contributed by atoms with Gasteiger partial charge in [-0.3, -0.25) is 4.79 Å². The Hall–Kier alpha value is -2.95. The highest BCUT2D eigenvalue weighted by atomic mass is 19.1. The highest BCUT2D eigenvalue weighted by Gasteiger charge is 2.20. The Morgan fingerprint density at radius 3 is 2.48 bits per heavy atom. The first-order valence-electron chi connectivity index (χ1n) is 8.02. The van der Waals surface area contributed by atoms with E-state index in [4.69, 9.17) is 5.73 Å². The lowest BCUT2D eigenvalue weighted by Crippen LogP contribution is -2.16. The molecule has 5 heteroatoms. The molecule has 0 fully saturated rings. The van der Waals surface area contributed by atoms with Crippen LogP contribution in [0.3, 0.4) is 0 Å². The molecule has 0 saturated heterocycles. The molecule has 2 aromatic carbocycles. The molecule has 0 aliphatic heterocycles. The zero-order valence-corrected chi connectivity index (χ0v) is 14.3. The van der Waals surface area contributed by atoms with Crippen LogP contribution in [0.25, 0.3) is 21.9 Å². The maximum Gasteiger partial charge on any atom is 0.267 e. The molecule has 3 aromatic rings. The van der Waals surface area contributed by atoms with Gasteiger partial charge in [0.25, 0.3) is 5.91 Å². The number of aromatic hydroxyl groups is 1. The zero-order chi connectivity index (χ0) is 18.3. The molecule has 1 amide bonds. The third-order valence-electron chi connectivity index (χ3n) is 4.24. The minimum atomic E-state index is -0.653. The zero-order valence-electron chi connectivity index (χ0n) is 14.3. The number of benzene rings is 2. The number of fused-ring (bicyclic) bond motifs is 1. The van der Waals surface area contributed by atoms with Gasteiger partial charge in [-0.2, -0.15) is 0 Å². The monoisotopic (exact) mass is 338 g/mol. The Balaban J connectivity index is 2.47. The average Bonchev–Trinajstić information content (AvgIpc) is 2.55. The van der Waals surface area contributed by atoms with Gasteiger partial charge in [-0.15, -0.1) is 0 Å². The molecule has 25 heavy (non-hydrogen) atoms.